The van der Waals surface area contributed by atoms with Gasteiger partial charge in [0.15, 0.2) is 5.76 Å². The fourth-order valence-corrected chi connectivity index (χ4v) is 2.27. The van der Waals surface area contributed by atoms with Crippen LogP contribution in [0.5, 0.6) is 5.75 Å². The van der Waals surface area contributed by atoms with E-state index in [9.17, 15) is 9.59 Å². The van der Waals surface area contributed by atoms with Crippen molar-refractivity contribution in [3.8, 4) is 5.75 Å². The molecule has 1 aromatic heterocycles. The third-order valence-corrected chi connectivity index (χ3v) is 3.53. The van der Waals surface area contributed by atoms with E-state index in [2.05, 4.69) is 5.32 Å². The van der Waals surface area contributed by atoms with E-state index >= 15 is 0 Å². The summed E-state index contributed by atoms with van der Waals surface area (Å²) in [7, 11) is 0. The molecule has 1 N–H and O–H groups in total. The van der Waals surface area contributed by atoms with Gasteiger partial charge in [-0.05, 0) is 30.2 Å². The van der Waals surface area contributed by atoms with Gasteiger partial charge in [-0.1, -0.05) is 42.5 Å². The fraction of sp³-hybridized carbons (Fsp3) is 0.100. The first-order valence-corrected chi connectivity index (χ1v) is 7.79. The Morgan fingerprint density at radius 3 is 2.60 bits per heavy atom. The van der Waals surface area contributed by atoms with Crippen LogP contribution in [0.1, 0.15) is 21.7 Å². The molecule has 1 heterocycles. The molecule has 0 aliphatic heterocycles. The van der Waals surface area contributed by atoms with Crippen LogP contribution in [0.2, 0.25) is 0 Å². The molecule has 0 fully saturated rings. The second-order valence-corrected chi connectivity index (χ2v) is 5.57. The molecule has 3 rings (SSSR count). The van der Waals surface area contributed by atoms with E-state index in [4.69, 9.17) is 9.15 Å². The minimum atomic E-state index is -0.489. The number of rotatable bonds is 5. The summed E-state index contributed by atoms with van der Waals surface area (Å²) in [6.45, 7) is 2.18. The molecule has 0 aliphatic carbocycles. The SMILES string of the molecule is Cc1cccc(NC(=O)c2cc(=O)c(OCc3ccccc3)co2)c1. The lowest BCUT2D eigenvalue weighted by atomic mass is 10.2. The zero-order valence-corrected chi connectivity index (χ0v) is 13.7. The zero-order valence-electron chi connectivity index (χ0n) is 13.7. The molecule has 0 radical (unpaired) electrons. The summed E-state index contributed by atoms with van der Waals surface area (Å²) < 4.78 is 10.7. The predicted octanol–water partition coefficient (Wildman–Crippen LogP) is 3.78. The average Bonchev–Trinajstić information content (AvgIpc) is 2.61. The Kier molecular flexibility index (Phi) is 4.95. The van der Waals surface area contributed by atoms with Crippen molar-refractivity contribution in [3.05, 3.63) is 94.0 Å². The van der Waals surface area contributed by atoms with Crippen molar-refractivity contribution in [1.82, 2.24) is 0 Å². The summed E-state index contributed by atoms with van der Waals surface area (Å²) >= 11 is 0. The highest BCUT2D eigenvalue weighted by molar-refractivity contribution is 6.02. The van der Waals surface area contributed by atoms with Gasteiger partial charge in [-0.3, -0.25) is 9.59 Å². The molecule has 3 aromatic rings. The Morgan fingerprint density at radius 2 is 1.88 bits per heavy atom. The third-order valence-electron chi connectivity index (χ3n) is 3.53. The third kappa shape index (κ3) is 4.35. The first kappa shape index (κ1) is 16.5. The summed E-state index contributed by atoms with van der Waals surface area (Å²) in [6, 6.07) is 17.9. The highest BCUT2D eigenvalue weighted by Crippen LogP contribution is 2.13. The number of ether oxygens (including phenoxy) is 1. The zero-order chi connectivity index (χ0) is 17.6. The van der Waals surface area contributed by atoms with Gasteiger partial charge in [-0.15, -0.1) is 0 Å². The van der Waals surface area contributed by atoms with Gasteiger partial charge in [-0.25, -0.2) is 0 Å². The molecule has 0 aliphatic rings. The number of benzene rings is 2. The predicted molar refractivity (Wildman–Crippen MR) is 94.9 cm³/mol. The molecule has 0 spiro atoms. The van der Waals surface area contributed by atoms with Crippen molar-refractivity contribution >= 4 is 11.6 Å². The average molecular weight is 335 g/mol. The summed E-state index contributed by atoms with van der Waals surface area (Å²) in [5, 5.41) is 2.69. The van der Waals surface area contributed by atoms with Crippen molar-refractivity contribution in [2.24, 2.45) is 0 Å². The largest absolute Gasteiger partial charge is 0.482 e. The first-order chi connectivity index (χ1) is 12.1. The van der Waals surface area contributed by atoms with Crippen molar-refractivity contribution in [2.75, 3.05) is 5.32 Å². The Hall–Kier alpha value is -3.34. The number of hydrogen-bond acceptors (Lipinski definition) is 4. The molecule has 0 bridgehead atoms. The van der Waals surface area contributed by atoms with Gasteiger partial charge in [0, 0.05) is 11.8 Å². The minimum absolute atomic E-state index is 0.0657. The number of hydrogen-bond donors (Lipinski definition) is 1. The maximum absolute atomic E-state index is 12.2. The molecule has 0 atom stereocenters. The molecule has 5 nitrogen and oxygen atoms in total. The van der Waals surface area contributed by atoms with E-state index in [1.165, 1.54) is 0 Å². The highest BCUT2D eigenvalue weighted by atomic mass is 16.5. The molecule has 5 heteroatoms. The number of aryl methyl sites for hydroxylation is 1. The first-order valence-electron chi connectivity index (χ1n) is 7.79. The highest BCUT2D eigenvalue weighted by Gasteiger charge is 2.12. The van der Waals surface area contributed by atoms with Crippen molar-refractivity contribution in [2.45, 2.75) is 13.5 Å². The lowest BCUT2D eigenvalue weighted by Gasteiger charge is -2.07. The van der Waals surface area contributed by atoms with Crippen LogP contribution in [0, 0.1) is 6.92 Å². The van der Waals surface area contributed by atoms with E-state index in [0.29, 0.717) is 5.69 Å². The van der Waals surface area contributed by atoms with Gasteiger partial charge in [-0.2, -0.15) is 0 Å². The Labute approximate surface area is 144 Å². The standard InChI is InChI=1S/C20H17NO4/c1-14-6-5-9-16(10-14)21-20(23)18-11-17(22)19(13-25-18)24-12-15-7-3-2-4-8-15/h2-11,13H,12H2,1H3,(H,21,23). The summed E-state index contributed by atoms with van der Waals surface area (Å²) in [5.74, 6) is -0.494. The van der Waals surface area contributed by atoms with Gasteiger partial charge >= 0.3 is 0 Å². The molecular formula is C20H17NO4. The molecule has 0 saturated carbocycles. The summed E-state index contributed by atoms with van der Waals surface area (Å²) in [5.41, 5.74) is 2.18. The van der Waals surface area contributed by atoms with Gasteiger partial charge < -0.3 is 14.5 Å². The van der Waals surface area contributed by atoms with E-state index in [0.717, 1.165) is 23.5 Å². The minimum Gasteiger partial charge on any atom is -0.482 e. The van der Waals surface area contributed by atoms with Crippen LogP contribution >= 0.6 is 0 Å². The van der Waals surface area contributed by atoms with Crippen LogP contribution in [0.25, 0.3) is 0 Å². The van der Waals surface area contributed by atoms with E-state index in [1.807, 2.05) is 55.5 Å². The molecule has 25 heavy (non-hydrogen) atoms. The summed E-state index contributed by atoms with van der Waals surface area (Å²) in [6.07, 6.45) is 1.16. The van der Waals surface area contributed by atoms with Gasteiger partial charge in [0.05, 0.1) is 0 Å². The summed E-state index contributed by atoms with van der Waals surface area (Å²) in [4.78, 5) is 24.3. The Bertz CT molecular complexity index is 932. The van der Waals surface area contributed by atoms with Crippen LogP contribution in [0.4, 0.5) is 5.69 Å². The molecular weight excluding hydrogens is 318 g/mol. The van der Waals surface area contributed by atoms with Crippen LogP contribution in [-0.2, 0) is 6.61 Å². The van der Waals surface area contributed by atoms with Gasteiger partial charge in [0.2, 0.25) is 11.2 Å². The number of carbonyl (C=O) groups is 1. The van der Waals surface area contributed by atoms with Crippen molar-refractivity contribution < 1.29 is 13.9 Å². The molecule has 2 aromatic carbocycles. The smallest absolute Gasteiger partial charge is 0.291 e. The maximum atomic E-state index is 12.2. The fourth-order valence-electron chi connectivity index (χ4n) is 2.27. The van der Waals surface area contributed by atoms with E-state index < -0.39 is 11.3 Å². The number of anilines is 1. The van der Waals surface area contributed by atoms with Crippen molar-refractivity contribution in [3.63, 3.8) is 0 Å². The van der Waals surface area contributed by atoms with Crippen LogP contribution < -0.4 is 15.5 Å². The number of amides is 1. The molecule has 126 valence electrons. The van der Waals surface area contributed by atoms with Crippen LogP contribution in [0.3, 0.4) is 0 Å². The van der Waals surface area contributed by atoms with E-state index in [1.54, 1.807) is 6.07 Å². The second-order valence-electron chi connectivity index (χ2n) is 5.57. The number of carbonyl (C=O) groups excluding carboxylic acids is 1. The van der Waals surface area contributed by atoms with E-state index in [-0.39, 0.29) is 18.1 Å². The van der Waals surface area contributed by atoms with Gasteiger partial charge in [0.1, 0.15) is 12.9 Å². The van der Waals surface area contributed by atoms with Crippen LogP contribution in [0.15, 0.2) is 76.1 Å². The lowest BCUT2D eigenvalue weighted by Crippen LogP contribution is -2.15. The maximum Gasteiger partial charge on any atom is 0.291 e. The topological polar surface area (TPSA) is 68.5 Å². The monoisotopic (exact) mass is 335 g/mol. The molecule has 0 unspecified atom stereocenters. The normalized spacial score (nSPS) is 10.3. The molecule has 0 saturated heterocycles. The second kappa shape index (κ2) is 7.49. The Balaban J connectivity index is 1.68. The lowest BCUT2D eigenvalue weighted by molar-refractivity contribution is 0.0993. The van der Waals surface area contributed by atoms with Crippen LogP contribution in [-0.4, -0.2) is 5.91 Å². The quantitative estimate of drug-likeness (QED) is 0.770. The van der Waals surface area contributed by atoms with Gasteiger partial charge in [0.25, 0.3) is 5.91 Å². The Morgan fingerprint density at radius 1 is 1.08 bits per heavy atom. The molecule has 1 amide bonds. The number of nitrogens with one attached hydrogen (secondary N) is 1. The van der Waals surface area contributed by atoms with Crippen molar-refractivity contribution in [1.29, 1.82) is 0 Å².